The van der Waals surface area contributed by atoms with E-state index in [-0.39, 0.29) is 11.9 Å². The molecule has 0 saturated heterocycles. The number of aryl methyl sites for hydroxylation is 1. The molecule has 6 heteroatoms. The zero-order valence-corrected chi connectivity index (χ0v) is 14.3. The van der Waals surface area contributed by atoms with Gasteiger partial charge in [-0.25, -0.2) is 4.52 Å². The molecule has 0 aliphatic rings. The van der Waals surface area contributed by atoms with E-state index in [0.717, 1.165) is 5.52 Å². The Morgan fingerprint density at radius 2 is 2.17 bits per heavy atom. The highest BCUT2D eigenvalue weighted by molar-refractivity contribution is 7.10. The van der Waals surface area contributed by atoms with Crippen LogP contribution in [0.1, 0.15) is 27.0 Å². The Balaban J connectivity index is 1.77. The summed E-state index contributed by atoms with van der Waals surface area (Å²) >= 11 is 1.73. The van der Waals surface area contributed by atoms with Crippen molar-refractivity contribution in [3.05, 3.63) is 58.0 Å². The average Bonchev–Trinajstić information content (AvgIpc) is 3.15. The number of hydrogen-bond donors (Lipinski definition) is 1. The highest BCUT2D eigenvalue weighted by atomic mass is 32.1. The van der Waals surface area contributed by atoms with E-state index in [1.54, 1.807) is 28.1 Å². The van der Waals surface area contributed by atoms with Crippen LogP contribution in [-0.4, -0.2) is 41.1 Å². The summed E-state index contributed by atoms with van der Waals surface area (Å²) in [5, 5.41) is 9.35. The molecule has 0 aliphatic carbocycles. The van der Waals surface area contributed by atoms with Gasteiger partial charge in [0.1, 0.15) is 5.69 Å². The summed E-state index contributed by atoms with van der Waals surface area (Å²) in [5.74, 6) is -0.111. The van der Waals surface area contributed by atoms with Crippen molar-refractivity contribution < 1.29 is 4.79 Å². The van der Waals surface area contributed by atoms with E-state index in [0.29, 0.717) is 12.2 Å². The van der Waals surface area contributed by atoms with Crippen molar-refractivity contribution in [1.82, 2.24) is 19.8 Å². The Morgan fingerprint density at radius 3 is 2.87 bits per heavy atom. The molecule has 1 unspecified atom stereocenters. The fraction of sp³-hybridized carbons (Fsp3) is 0.294. The van der Waals surface area contributed by atoms with Crippen LogP contribution in [0.2, 0.25) is 0 Å². The van der Waals surface area contributed by atoms with Gasteiger partial charge in [0.2, 0.25) is 0 Å². The Kier molecular flexibility index (Phi) is 4.45. The van der Waals surface area contributed by atoms with Crippen LogP contribution in [0.3, 0.4) is 0 Å². The first-order chi connectivity index (χ1) is 11.1. The number of hydrogen-bond acceptors (Lipinski definition) is 4. The van der Waals surface area contributed by atoms with Crippen molar-refractivity contribution >= 4 is 22.8 Å². The van der Waals surface area contributed by atoms with E-state index in [2.05, 4.69) is 33.7 Å². The van der Waals surface area contributed by atoms with E-state index in [1.165, 1.54) is 10.4 Å². The number of carbonyl (C=O) groups excluding carboxylic acids is 1. The lowest BCUT2D eigenvalue weighted by molar-refractivity contribution is 0.0934. The second kappa shape index (κ2) is 6.52. The number of nitrogens with zero attached hydrogens (tertiary/aromatic N) is 3. The van der Waals surface area contributed by atoms with Crippen molar-refractivity contribution in [3.8, 4) is 0 Å². The lowest BCUT2D eigenvalue weighted by Gasteiger charge is -2.24. The fourth-order valence-corrected chi connectivity index (χ4v) is 3.76. The standard InChI is InChI=1S/C17H20N4OS/c1-12-8-10-23-16(12)15(20(2)3)11-18-17(22)14-6-4-5-13-7-9-19-21(13)14/h4-10,15H,11H2,1-3H3,(H,18,22). The predicted molar refractivity (Wildman–Crippen MR) is 93.0 cm³/mol. The van der Waals surface area contributed by atoms with Crippen LogP contribution in [0.5, 0.6) is 0 Å². The van der Waals surface area contributed by atoms with Crippen molar-refractivity contribution in [2.24, 2.45) is 0 Å². The minimum absolute atomic E-state index is 0.111. The fourth-order valence-electron chi connectivity index (χ4n) is 2.64. The maximum Gasteiger partial charge on any atom is 0.270 e. The lowest BCUT2D eigenvalue weighted by atomic mass is 10.1. The van der Waals surface area contributed by atoms with Gasteiger partial charge in [-0.1, -0.05) is 6.07 Å². The number of nitrogens with one attached hydrogen (secondary N) is 1. The Morgan fingerprint density at radius 1 is 1.35 bits per heavy atom. The van der Waals surface area contributed by atoms with Crippen molar-refractivity contribution in [3.63, 3.8) is 0 Å². The van der Waals surface area contributed by atoms with Crippen LogP contribution in [0, 0.1) is 6.92 Å². The van der Waals surface area contributed by atoms with Gasteiger partial charge < -0.3 is 10.2 Å². The topological polar surface area (TPSA) is 49.6 Å². The molecule has 0 spiro atoms. The largest absolute Gasteiger partial charge is 0.349 e. The minimum atomic E-state index is -0.111. The predicted octanol–water partition coefficient (Wildman–Crippen LogP) is 2.74. The number of amides is 1. The molecule has 0 saturated carbocycles. The summed E-state index contributed by atoms with van der Waals surface area (Å²) in [6.07, 6.45) is 1.70. The number of aromatic nitrogens is 2. The Hall–Kier alpha value is -2.18. The second-order valence-corrected chi connectivity index (χ2v) is 6.68. The van der Waals surface area contributed by atoms with Gasteiger partial charge in [-0.05, 0) is 56.2 Å². The molecule has 0 fully saturated rings. The van der Waals surface area contributed by atoms with Crippen LogP contribution < -0.4 is 5.32 Å². The normalized spacial score (nSPS) is 12.7. The van der Waals surface area contributed by atoms with Gasteiger partial charge in [-0.15, -0.1) is 11.3 Å². The molecule has 3 heterocycles. The van der Waals surface area contributed by atoms with Crippen LogP contribution in [0.25, 0.3) is 5.52 Å². The highest BCUT2D eigenvalue weighted by Gasteiger charge is 2.19. The smallest absolute Gasteiger partial charge is 0.270 e. The van der Waals surface area contributed by atoms with E-state index < -0.39 is 0 Å². The van der Waals surface area contributed by atoms with Gasteiger partial charge in [0.15, 0.2) is 0 Å². The molecule has 0 aliphatic heterocycles. The number of thiophene rings is 1. The summed E-state index contributed by atoms with van der Waals surface area (Å²) in [6.45, 7) is 2.67. The SMILES string of the molecule is Cc1ccsc1C(CNC(=O)c1cccc2ccnn12)N(C)C. The number of likely N-dealkylation sites (N-methyl/N-ethyl adjacent to an activating group) is 1. The van der Waals surface area contributed by atoms with Crippen molar-refractivity contribution in [2.45, 2.75) is 13.0 Å². The van der Waals surface area contributed by atoms with Crippen LogP contribution in [0.15, 0.2) is 41.9 Å². The van der Waals surface area contributed by atoms with E-state index in [4.69, 9.17) is 0 Å². The summed E-state index contributed by atoms with van der Waals surface area (Å²) in [4.78, 5) is 16.0. The first kappa shape index (κ1) is 15.7. The summed E-state index contributed by atoms with van der Waals surface area (Å²) in [6, 6.07) is 9.75. The molecule has 0 bridgehead atoms. The van der Waals surface area contributed by atoms with Gasteiger partial charge in [0.25, 0.3) is 5.91 Å². The Bertz CT molecular complexity index is 821. The maximum absolute atomic E-state index is 12.6. The van der Waals surface area contributed by atoms with E-state index in [1.807, 2.05) is 32.3 Å². The molecule has 3 aromatic rings. The van der Waals surface area contributed by atoms with Crippen molar-refractivity contribution in [1.29, 1.82) is 0 Å². The maximum atomic E-state index is 12.6. The van der Waals surface area contributed by atoms with Gasteiger partial charge in [-0.2, -0.15) is 5.10 Å². The third-order valence-corrected chi connectivity index (χ3v) is 5.06. The third kappa shape index (κ3) is 3.13. The number of carbonyl (C=O) groups is 1. The first-order valence-electron chi connectivity index (χ1n) is 7.49. The molecule has 5 nitrogen and oxygen atoms in total. The molecule has 120 valence electrons. The molecule has 23 heavy (non-hydrogen) atoms. The molecule has 0 aromatic carbocycles. The summed E-state index contributed by atoms with van der Waals surface area (Å²) in [7, 11) is 4.06. The molecule has 1 N–H and O–H groups in total. The Labute approximate surface area is 139 Å². The van der Waals surface area contributed by atoms with Gasteiger partial charge >= 0.3 is 0 Å². The van der Waals surface area contributed by atoms with Crippen molar-refractivity contribution in [2.75, 3.05) is 20.6 Å². The number of pyridine rings is 1. The first-order valence-corrected chi connectivity index (χ1v) is 8.37. The van der Waals surface area contributed by atoms with Gasteiger partial charge in [0.05, 0.1) is 17.8 Å². The zero-order chi connectivity index (χ0) is 16.4. The van der Waals surface area contributed by atoms with Crippen LogP contribution in [-0.2, 0) is 0 Å². The second-order valence-electron chi connectivity index (χ2n) is 5.74. The zero-order valence-electron chi connectivity index (χ0n) is 13.5. The van der Waals surface area contributed by atoms with Gasteiger partial charge in [0, 0.05) is 11.4 Å². The van der Waals surface area contributed by atoms with Crippen LogP contribution in [0.4, 0.5) is 0 Å². The quantitative estimate of drug-likeness (QED) is 0.783. The number of fused-ring (bicyclic) bond motifs is 1. The van der Waals surface area contributed by atoms with E-state index >= 15 is 0 Å². The summed E-state index contributed by atoms with van der Waals surface area (Å²) < 4.78 is 1.66. The molecule has 3 rings (SSSR count). The monoisotopic (exact) mass is 328 g/mol. The van der Waals surface area contributed by atoms with Crippen LogP contribution >= 0.6 is 11.3 Å². The molecular weight excluding hydrogens is 308 g/mol. The van der Waals surface area contributed by atoms with Gasteiger partial charge in [-0.3, -0.25) is 4.79 Å². The summed E-state index contributed by atoms with van der Waals surface area (Å²) in [5.41, 5.74) is 2.72. The number of rotatable bonds is 5. The molecule has 1 amide bonds. The highest BCUT2D eigenvalue weighted by Crippen LogP contribution is 2.26. The third-order valence-electron chi connectivity index (χ3n) is 3.94. The molecular formula is C17H20N4OS. The van der Waals surface area contributed by atoms with E-state index in [9.17, 15) is 4.79 Å². The molecule has 0 radical (unpaired) electrons. The molecule has 3 aromatic heterocycles. The minimum Gasteiger partial charge on any atom is -0.349 e. The average molecular weight is 328 g/mol. The molecule has 1 atom stereocenters. The lowest BCUT2D eigenvalue weighted by Crippen LogP contribution is -2.35.